The summed E-state index contributed by atoms with van der Waals surface area (Å²) in [4.78, 5) is 33.0. The molecule has 1 unspecified atom stereocenters. The summed E-state index contributed by atoms with van der Waals surface area (Å²) in [6, 6.07) is 3.78. The van der Waals surface area contributed by atoms with Crippen LogP contribution in [0.4, 0.5) is 5.82 Å². The predicted octanol–water partition coefficient (Wildman–Crippen LogP) is 1.08. The van der Waals surface area contributed by atoms with E-state index in [1.807, 2.05) is 24.0 Å². The summed E-state index contributed by atoms with van der Waals surface area (Å²) in [5.41, 5.74) is 0. The number of piperidine rings is 2. The number of rotatable bonds is 5. The molecule has 0 bridgehead atoms. The van der Waals surface area contributed by atoms with Crippen molar-refractivity contribution >= 4 is 17.7 Å². The third kappa shape index (κ3) is 4.42. The van der Waals surface area contributed by atoms with E-state index in [0.717, 1.165) is 51.1 Å². The Balaban J connectivity index is 1.30. The Hall–Kier alpha value is -3.04. The fourth-order valence-corrected chi connectivity index (χ4v) is 4.18. The van der Waals surface area contributed by atoms with E-state index in [1.165, 1.54) is 6.33 Å². The van der Waals surface area contributed by atoms with E-state index in [2.05, 4.69) is 25.2 Å². The minimum Gasteiger partial charge on any atom is -0.466 e. The van der Waals surface area contributed by atoms with Gasteiger partial charge in [-0.2, -0.15) is 5.10 Å². The summed E-state index contributed by atoms with van der Waals surface area (Å²) < 4.78 is 6.70. The number of aromatic nitrogens is 5. The molecule has 30 heavy (non-hydrogen) atoms. The van der Waals surface area contributed by atoms with Crippen LogP contribution in [0.15, 0.2) is 24.8 Å². The molecule has 2 aromatic rings. The van der Waals surface area contributed by atoms with Crippen molar-refractivity contribution in [3.8, 4) is 5.82 Å². The van der Waals surface area contributed by atoms with Crippen molar-refractivity contribution in [2.45, 2.75) is 32.6 Å². The summed E-state index contributed by atoms with van der Waals surface area (Å²) in [5.74, 6) is 1.19. The number of carbonyl (C=O) groups excluding carboxylic acids is 2. The number of hydrogen-bond donors (Lipinski definition) is 0. The third-order valence-corrected chi connectivity index (χ3v) is 5.81. The fraction of sp³-hybridized carbons (Fsp3) is 0.600. The molecular weight excluding hydrogens is 386 g/mol. The van der Waals surface area contributed by atoms with Crippen LogP contribution < -0.4 is 4.90 Å². The molecule has 10 heteroatoms. The van der Waals surface area contributed by atoms with Gasteiger partial charge in [-0.15, -0.1) is 10.2 Å². The Kier molecular flexibility index (Phi) is 6.20. The van der Waals surface area contributed by atoms with Crippen LogP contribution in [0.3, 0.4) is 0 Å². The number of nitrogens with zero attached hydrogens (tertiary/aromatic N) is 7. The van der Waals surface area contributed by atoms with Crippen molar-refractivity contribution in [3.63, 3.8) is 0 Å². The van der Waals surface area contributed by atoms with Gasteiger partial charge in [0, 0.05) is 32.1 Å². The first-order chi connectivity index (χ1) is 14.7. The van der Waals surface area contributed by atoms with Gasteiger partial charge >= 0.3 is 5.97 Å². The van der Waals surface area contributed by atoms with E-state index in [0.29, 0.717) is 19.0 Å². The van der Waals surface area contributed by atoms with Crippen LogP contribution in [0, 0.1) is 11.8 Å². The second-order valence-corrected chi connectivity index (χ2v) is 7.73. The second kappa shape index (κ2) is 9.19. The molecule has 4 heterocycles. The summed E-state index contributed by atoms with van der Waals surface area (Å²) in [5, 5.41) is 12.6. The van der Waals surface area contributed by atoms with Crippen LogP contribution in [0.25, 0.3) is 5.82 Å². The van der Waals surface area contributed by atoms with Gasteiger partial charge in [-0.25, -0.2) is 9.67 Å². The summed E-state index contributed by atoms with van der Waals surface area (Å²) in [6.45, 7) is 4.90. The maximum Gasteiger partial charge on any atom is 0.310 e. The van der Waals surface area contributed by atoms with Crippen molar-refractivity contribution in [1.29, 1.82) is 0 Å². The highest BCUT2D eigenvalue weighted by molar-refractivity contribution is 5.80. The number of anilines is 1. The lowest BCUT2D eigenvalue weighted by Crippen LogP contribution is -2.47. The Bertz CT molecular complexity index is 848. The molecule has 160 valence electrons. The fourth-order valence-electron chi connectivity index (χ4n) is 4.18. The van der Waals surface area contributed by atoms with Crippen LogP contribution in [0.2, 0.25) is 0 Å². The highest BCUT2D eigenvalue weighted by Gasteiger charge is 2.34. The largest absolute Gasteiger partial charge is 0.466 e. The van der Waals surface area contributed by atoms with Crippen molar-refractivity contribution in [2.24, 2.45) is 11.8 Å². The quantitative estimate of drug-likeness (QED) is 0.670. The molecule has 0 radical (unpaired) electrons. The van der Waals surface area contributed by atoms with Gasteiger partial charge in [0.1, 0.15) is 12.7 Å². The standard InChI is InChI=1S/C20H27N7O3/c1-2-30-20(29)16-4-3-9-26(12-16)19(28)15-7-10-25(11-8-15)17-5-6-18(24-23-17)27-14-21-13-22-27/h5-6,13-16H,2-4,7-12H2,1H3. The molecule has 1 amide bonds. The van der Waals surface area contributed by atoms with Crippen LogP contribution in [-0.4, -0.2) is 74.5 Å². The first-order valence-electron chi connectivity index (χ1n) is 10.5. The maximum absolute atomic E-state index is 13.0. The molecule has 2 saturated heterocycles. The summed E-state index contributed by atoms with van der Waals surface area (Å²) in [7, 11) is 0. The lowest BCUT2D eigenvalue weighted by molar-refractivity contribution is -0.152. The second-order valence-electron chi connectivity index (χ2n) is 7.73. The van der Waals surface area contributed by atoms with Crippen molar-refractivity contribution in [1.82, 2.24) is 29.9 Å². The number of amides is 1. The molecule has 4 rings (SSSR count). The van der Waals surface area contributed by atoms with E-state index in [9.17, 15) is 9.59 Å². The number of esters is 1. The van der Waals surface area contributed by atoms with Gasteiger partial charge in [0.05, 0.1) is 12.5 Å². The molecule has 2 aliphatic heterocycles. The molecule has 0 aromatic carbocycles. The molecule has 10 nitrogen and oxygen atoms in total. The summed E-state index contributed by atoms with van der Waals surface area (Å²) >= 11 is 0. The van der Waals surface area contributed by atoms with Gasteiger partial charge in [0.25, 0.3) is 0 Å². The smallest absolute Gasteiger partial charge is 0.310 e. The van der Waals surface area contributed by atoms with Gasteiger partial charge in [0.15, 0.2) is 11.6 Å². The number of hydrogen-bond acceptors (Lipinski definition) is 8. The van der Waals surface area contributed by atoms with Gasteiger partial charge in [-0.3, -0.25) is 9.59 Å². The first kappa shape index (κ1) is 20.2. The summed E-state index contributed by atoms with van der Waals surface area (Å²) in [6.07, 6.45) is 6.21. The van der Waals surface area contributed by atoms with Crippen molar-refractivity contribution in [2.75, 3.05) is 37.7 Å². The molecule has 2 fully saturated rings. The number of ether oxygens (including phenoxy) is 1. The van der Waals surface area contributed by atoms with Crippen molar-refractivity contribution in [3.05, 3.63) is 24.8 Å². The third-order valence-electron chi connectivity index (χ3n) is 5.81. The number of carbonyl (C=O) groups is 2. The van der Waals surface area contributed by atoms with E-state index < -0.39 is 0 Å². The zero-order valence-electron chi connectivity index (χ0n) is 17.2. The molecule has 2 aliphatic rings. The van der Waals surface area contributed by atoms with E-state index in [-0.39, 0.29) is 23.7 Å². The lowest BCUT2D eigenvalue weighted by atomic mass is 9.92. The topological polar surface area (TPSA) is 106 Å². The van der Waals surface area contributed by atoms with E-state index in [1.54, 1.807) is 11.0 Å². The van der Waals surface area contributed by atoms with Gasteiger partial charge in [-0.1, -0.05) is 0 Å². The van der Waals surface area contributed by atoms with Crippen LogP contribution >= 0.6 is 0 Å². The Morgan fingerprint density at radius 3 is 2.50 bits per heavy atom. The molecule has 0 saturated carbocycles. The van der Waals surface area contributed by atoms with Gasteiger partial charge in [0.2, 0.25) is 5.91 Å². The SMILES string of the molecule is CCOC(=O)C1CCCN(C(=O)C2CCN(c3ccc(-n4cncn4)nn3)CC2)C1. The molecule has 0 N–H and O–H groups in total. The Morgan fingerprint density at radius 2 is 1.83 bits per heavy atom. The van der Waals surface area contributed by atoms with Crippen LogP contribution in [-0.2, 0) is 14.3 Å². The van der Waals surface area contributed by atoms with E-state index in [4.69, 9.17) is 4.74 Å². The van der Waals surface area contributed by atoms with E-state index >= 15 is 0 Å². The van der Waals surface area contributed by atoms with Gasteiger partial charge in [-0.05, 0) is 44.7 Å². The van der Waals surface area contributed by atoms with Crippen LogP contribution in [0.5, 0.6) is 0 Å². The van der Waals surface area contributed by atoms with Crippen LogP contribution in [0.1, 0.15) is 32.6 Å². The maximum atomic E-state index is 13.0. The highest BCUT2D eigenvalue weighted by atomic mass is 16.5. The molecule has 1 atom stereocenters. The Morgan fingerprint density at radius 1 is 1.07 bits per heavy atom. The molecule has 0 aliphatic carbocycles. The first-order valence-corrected chi connectivity index (χ1v) is 10.5. The molecule has 0 spiro atoms. The normalized spacial score (nSPS) is 20.2. The minimum absolute atomic E-state index is 0.00965. The number of likely N-dealkylation sites (tertiary alicyclic amines) is 1. The Labute approximate surface area is 175 Å². The monoisotopic (exact) mass is 413 g/mol. The van der Waals surface area contributed by atoms with Gasteiger partial charge < -0.3 is 14.5 Å². The average molecular weight is 413 g/mol. The molecular formula is C20H27N7O3. The van der Waals surface area contributed by atoms with Crippen molar-refractivity contribution < 1.29 is 14.3 Å². The zero-order chi connectivity index (χ0) is 20.9. The zero-order valence-corrected chi connectivity index (χ0v) is 17.2. The lowest BCUT2D eigenvalue weighted by Gasteiger charge is -2.37. The minimum atomic E-state index is -0.193. The molecule has 2 aromatic heterocycles. The average Bonchev–Trinajstić information content (AvgIpc) is 3.34. The highest BCUT2D eigenvalue weighted by Crippen LogP contribution is 2.26. The predicted molar refractivity (Wildman–Crippen MR) is 108 cm³/mol.